The maximum atomic E-state index is 12.7. The fourth-order valence-electron chi connectivity index (χ4n) is 4.19. The van der Waals surface area contributed by atoms with Gasteiger partial charge in [-0.15, -0.1) is 0 Å². The Hall–Kier alpha value is -4.12. The van der Waals surface area contributed by atoms with E-state index in [0.717, 1.165) is 0 Å². The number of aliphatic carboxylic acids is 1. The Kier molecular flexibility index (Phi) is 10.3. The van der Waals surface area contributed by atoms with E-state index in [0.29, 0.717) is 37.9 Å². The van der Waals surface area contributed by atoms with Crippen molar-refractivity contribution < 1.29 is 34.2 Å². The number of carbonyl (C=O) groups excluding carboxylic acids is 4. The zero-order valence-corrected chi connectivity index (χ0v) is 22.2. The van der Waals surface area contributed by atoms with Crippen LogP contribution in [0.4, 0.5) is 0 Å². The SMILES string of the molecule is CCC(=O)N1CCC(C(=O)NCC(NC(=O)c2ccc(C(=O)NCc3cccc(O)c3)cc2Cl)C(=O)O)CC1. The van der Waals surface area contributed by atoms with Crippen LogP contribution in [0.15, 0.2) is 42.5 Å². The van der Waals surface area contributed by atoms with Crippen LogP contribution >= 0.6 is 11.6 Å². The number of nitrogens with one attached hydrogen (secondary N) is 3. The molecule has 0 radical (unpaired) electrons. The maximum absolute atomic E-state index is 12.7. The quantitative estimate of drug-likeness (QED) is 0.297. The van der Waals surface area contributed by atoms with E-state index in [-0.39, 0.29) is 52.7 Å². The third kappa shape index (κ3) is 8.18. The molecule has 1 aliphatic heterocycles. The summed E-state index contributed by atoms with van der Waals surface area (Å²) < 4.78 is 0. The van der Waals surface area contributed by atoms with Crippen LogP contribution in [-0.4, -0.2) is 70.4 Å². The predicted octanol–water partition coefficient (Wildman–Crippen LogP) is 1.92. The number of hydrogen-bond acceptors (Lipinski definition) is 6. The summed E-state index contributed by atoms with van der Waals surface area (Å²) in [4.78, 5) is 63.0. The van der Waals surface area contributed by atoms with Crippen molar-refractivity contribution in [2.24, 2.45) is 5.92 Å². The summed E-state index contributed by atoms with van der Waals surface area (Å²) in [5.41, 5.74) is 0.839. The first-order chi connectivity index (χ1) is 18.6. The first-order valence-corrected chi connectivity index (χ1v) is 12.9. The van der Waals surface area contributed by atoms with Gasteiger partial charge in [-0.25, -0.2) is 4.79 Å². The Balaban J connectivity index is 1.53. The number of piperidine rings is 1. The minimum Gasteiger partial charge on any atom is -0.508 e. The van der Waals surface area contributed by atoms with E-state index in [1.165, 1.54) is 30.3 Å². The zero-order valence-electron chi connectivity index (χ0n) is 21.4. The van der Waals surface area contributed by atoms with Crippen molar-refractivity contribution in [1.29, 1.82) is 0 Å². The van der Waals surface area contributed by atoms with Gasteiger partial charge in [-0.2, -0.15) is 0 Å². The number of carboxylic acid groups (broad SMARTS) is 1. The van der Waals surface area contributed by atoms with Crippen LogP contribution in [0.5, 0.6) is 5.75 Å². The van der Waals surface area contributed by atoms with Crippen LogP contribution in [0.25, 0.3) is 0 Å². The molecular weight excluding hydrogens is 528 g/mol. The molecule has 0 aromatic heterocycles. The third-order valence-electron chi connectivity index (χ3n) is 6.44. The number of amides is 4. The molecule has 0 saturated carbocycles. The van der Waals surface area contributed by atoms with Crippen molar-refractivity contribution >= 4 is 41.2 Å². The normalized spacial score (nSPS) is 14.3. The average molecular weight is 559 g/mol. The van der Waals surface area contributed by atoms with Crippen LogP contribution in [-0.2, 0) is 20.9 Å². The number of phenolic OH excluding ortho intramolecular Hbond substituents is 1. The van der Waals surface area contributed by atoms with Crippen LogP contribution in [0, 0.1) is 5.92 Å². The van der Waals surface area contributed by atoms with Crippen LogP contribution < -0.4 is 16.0 Å². The number of aromatic hydroxyl groups is 1. The largest absolute Gasteiger partial charge is 0.508 e. The van der Waals surface area contributed by atoms with Crippen LogP contribution in [0.2, 0.25) is 5.02 Å². The molecule has 11 nitrogen and oxygen atoms in total. The number of benzene rings is 2. The van der Waals surface area contributed by atoms with Crippen molar-refractivity contribution in [2.45, 2.75) is 38.8 Å². The molecule has 0 aliphatic carbocycles. The highest BCUT2D eigenvalue weighted by atomic mass is 35.5. The second-order valence-corrected chi connectivity index (χ2v) is 9.57. The van der Waals surface area contributed by atoms with Crippen molar-refractivity contribution in [3.05, 3.63) is 64.2 Å². The number of likely N-dealkylation sites (tertiary alicyclic amines) is 1. The van der Waals surface area contributed by atoms with Gasteiger partial charge in [0.15, 0.2) is 0 Å². The highest BCUT2D eigenvalue weighted by Crippen LogP contribution is 2.20. The summed E-state index contributed by atoms with van der Waals surface area (Å²) in [6, 6.07) is 8.98. The topological polar surface area (TPSA) is 165 Å². The minimum absolute atomic E-state index is 0.0307. The van der Waals surface area contributed by atoms with E-state index in [1.54, 1.807) is 24.0 Å². The molecule has 1 heterocycles. The summed E-state index contributed by atoms with van der Waals surface area (Å²) in [6.07, 6.45) is 1.35. The Bertz CT molecular complexity index is 1240. The van der Waals surface area contributed by atoms with E-state index >= 15 is 0 Å². The molecule has 1 atom stereocenters. The van der Waals surface area contributed by atoms with Gasteiger partial charge in [-0.05, 0) is 48.7 Å². The second-order valence-electron chi connectivity index (χ2n) is 9.17. The fourth-order valence-corrected chi connectivity index (χ4v) is 4.46. The third-order valence-corrected chi connectivity index (χ3v) is 6.76. The van der Waals surface area contributed by atoms with Gasteiger partial charge in [0.1, 0.15) is 11.8 Å². The molecule has 12 heteroatoms. The van der Waals surface area contributed by atoms with Crippen molar-refractivity contribution in [3.8, 4) is 5.75 Å². The maximum Gasteiger partial charge on any atom is 0.328 e. The van der Waals surface area contributed by atoms with E-state index in [4.69, 9.17) is 11.6 Å². The standard InChI is InChI=1S/C27H31ClN4O7/c1-2-23(34)32-10-8-17(9-11-32)24(35)30-15-22(27(38)39)31-26(37)20-7-6-18(13-21(20)28)25(36)29-14-16-4-3-5-19(33)12-16/h3-7,12-13,17,22,33H,2,8-11,14-15H2,1H3,(H,29,36)(H,30,35)(H,31,37)(H,38,39). The zero-order chi connectivity index (χ0) is 28.5. The van der Waals surface area contributed by atoms with E-state index in [2.05, 4.69) is 16.0 Å². The summed E-state index contributed by atoms with van der Waals surface area (Å²) in [5.74, 6) is -3.16. The summed E-state index contributed by atoms with van der Waals surface area (Å²) in [6.45, 7) is 2.54. The Morgan fingerprint density at radius 2 is 1.74 bits per heavy atom. The number of carboxylic acids is 1. The summed E-state index contributed by atoms with van der Waals surface area (Å²) in [5, 5.41) is 26.6. The first kappa shape index (κ1) is 29.4. The molecule has 1 saturated heterocycles. The van der Waals surface area contributed by atoms with Crippen molar-refractivity contribution in [3.63, 3.8) is 0 Å². The lowest BCUT2D eigenvalue weighted by Gasteiger charge is -2.31. The van der Waals surface area contributed by atoms with Gasteiger partial charge in [0.2, 0.25) is 11.8 Å². The van der Waals surface area contributed by atoms with E-state index in [9.17, 15) is 34.2 Å². The molecule has 1 fully saturated rings. The average Bonchev–Trinajstić information content (AvgIpc) is 2.93. The molecule has 2 aromatic rings. The molecule has 39 heavy (non-hydrogen) atoms. The highest BCUT2D eigenvalue weighted by molar-refractivity contribution is 6.34. The van der Waals surface area contributed by atoms with Gasteiger partial charge < -0.3 is 31.1 Å². The lowest BCUT2D eigenvalue weighted by molar-refractivity contribution is -0.139. The number of rotatable bonds is 10. The monoisotopic (exact) mass is 558 g/mol. The van der Waals surface area contributed by atoms with Crippen LogP contribution in [0.1, 0.15) is 52.5 Å². The van der Waals surface area contributed by atoms with Gasteiger partial charge >= 0.3 is 5.97 Å². The molecule has 208 valence electrons. The first-order valence-electron chi connectivity index (χ1n) is 12.5. The molecular formula is C27H31ClN4O7. The van der Waals surface area contributed by atoms with Gasteiger partial charge in [0, 0.05) is 44.1 Å². The van der Waals surface area contributed by atoms with Gasteiger partial charge in [-0.1, -0.05) is 30.7 Å². The Morgan fingerprint density at radius 1 is 1.03 bits per heavy atom. The van der Waals surface area contributed by atoms with Gasteiger partial charge in [0.25, 0.3) is 11.8 Å². The molecule has 5 N–H and O–H groups in total. The lowest BCUT2D eigenvalue weighted by atomic mass is 9.95. The van der Waals surface area contributed by atoms with Crippen molar-refractivity contribution in [2.75, 3.05) is 19.6 Å². The van der Waals surface area contributed by atoms with E-state index in [1.807, 2.05) is 0 Å². The molecule has 0 bridgehead atoms. The number of phenols is 1. The lowest BCUT2D eigenvalue weighted by Crippen LogP contribution is -2.50. The van der Waals surface area contributed by atoms with Gasteiger partial charge in [-0.3, -0.25) is 19.2 Å². The summed E-state index contributed by atoms with van der Waals surface area (Å²) in [7, 11) is 0. The number of hydrogen-bond donors (Lipinski definition) is 5. The van der Waals surface area contributed by atoms with Gasteiger partial charge in [0.05, 0.1) is 10.6 Å². The molecule has 2 aromatic carbocycles. The molecule has 4 amide bonds. The number of halogens is 1. The molecule has 1 aliphatic rings. The Labute approximate surface area is 230 Å². The highest BCUT2D eigenvalue weighted by Gasteiger charge is 2.28. The second kappa shape index (κ2) is 13.6. The number of nitrogens with zero attached hydrogens (tertiary/aromatic N) is 1. The van der Waals surface area contributed by atoms with Crippen molar-refractivity contribution in [1.82, 2.24) is 20.9 Å². The molecule has 3 rings (SSSR count). The molecule has 0 spiro atoms. The predicted molar refractivity (Wildman–Crippen MR) is 142 cm³/mol. The smallest absolute Gasteiger partial charge is 0.328 e. The Morgan fingerprint density at radius 3 is 2.36 bits per heavy atom. The minimum atomic E-state index is -1.41. The number of carbonyl (C=O) groups is 5. The fraction of sp³-hybridized carbons (Fsp3) is 0.370. The van der Waals surface area contributed by atoms with Crippen LogP contribution in [0.3, 0.4) is 0 Å². The summed E-state index contributed by atoms with van der Waals surface area (Å²) >= 11 is 6.22. The van der Waals surface area contributed by atoms with E-state index < -0.39 is 23.8 Å². The molecule has 1 unspecified atom stereocenters.